The summed E-state index contributed by atoms with van der Waals surface area (Å²) >= 11 is 3.46. The summed E-state index contributed by atoms with van der Waals surface area (Å²) in [6, 6.07) is 6.16. The van der Waals surface area contributed by atoms with E-state index >= 15 is 0 Å². The molecule has 1 fully saturated rings. The van der Waals surface area contributed by atoms with Crippen LogP contribution in [0, 0.1) is 5.92 Å². The Bertz CT molecular complexity index is 481. The highest BCUT2D eigenvalue weighted by Gasteiger charge is 2.24. The Morgan fingerprint density at radius 3 is 2.76 bits per heavy atom. The van der Waals surface area contributed by atoms with E-state index in [9.17, 15) is 4.79 Å². The van der Waals surface area contributed by atoms with Crippen LogP contribution < -0.4 is 11.1 Å². The first-order valence-corrected chi connectivity index (χ1v) is 8.23. The second-order valence-electron chi connectivity index (χ2n) is 5.62. The molecule has 2 unspecified atom stereocenters. The van der Waals surface area contributed by atoms with Gasteiger partial charge in [0.2, 0.25) is 5.91 Å². The Morgan fingerprint density at radius 2 is 2.10 bits per heavy atom. The van der Waals surface area contributed by atoms with Gasteiger partial charge < -0.3 is 11.1 Å². The van der Waals surface area contributed by atoms with E-state index in [0.717, 1.165) is 35.0 Å². The number of aryl methyl sites for hydroxylation is 1. The van der Waals surface area contributed by atoms with E-state index in [1.165, 1.54) is 12.8 Å². The molecule has 1 aromatic rings. The van der Waals surface area contributed by atoms with Gasteiger partial charge in [0.15, 0.2) is 0 Å². The molecule has 2 rings (SSSR count). The van der Waals surface area contributed by atoms with Crippen molar-refractivity contribution in [1.82, 2.24) is 0 Å². The molecule has 5 heteroatoms. The van der Waals surface area contributed by atoms with Gasteiger partial charge >= 0.3 is 0 Å². The molecule has 1 aromatic carbocycles. The molecular weight excluding hydrogens is 352 g/mol. The quantitative estimate of drug-likeness (QED) is 0.825. The Hall–Kier alpha value is -0.580. The Kier molecular flexibility index (Phi) is 7.71. The number of benzene rings is 1. The monoisotopic (exact) mass is 374 g/mol. The van der Waals surface area contributed by atoms with Gasteiger partial charge in [-0.1, -0.05) is 35.7 Å². The minimum atomic E-state index is 0. The van der Waals surface area contributed by atoms with Crippen molar-refractivity contribution in [3.63, 3.8) is 0 Å². The maximum atomic E-state index is 12.2. The first-order chi connectivity index (χ1) is 9.60. The third-order valence-corrected chi connectivity index (χ3v) is 4.63. The molecule has 1 amide bonds. The van der Waals surface area contributed by atoms with Crippen LogP contribution in [-0.4, -0.2) is 11.9 Å². The number of carbonyl (C=O) groups excluding carboxylic acids is 1. The van der Waals surface area contributed by atoms with Gasteiger partial charge in [-0.25, -0.2) is 0 Å². The van der Waals surface area contributed by atoms with Crippen LogP contribution in [0.4, 0.5) is 5.69 Å². The van der Waals surface area contributed by atoms with Crippen molar-refractivity contribution in [1.29, 1.82) is 0 Å². The van der Waals surface area contributed by atoms with Gasteiger partial charge in [0.25, 0.3) is 0 Å². The number of anilines is 1. The second kappa shape index (κ2) is 8.76. The Balaban J connectivity index is 0.00000220. The third kappa shape index (κ3) is 5.28. The van der Waals surface area contributed by atoms with Crippen LogP contribution in [0.1, 0.15) is 44.6 Å². The predicted octanol–water partition coefficient (Wildman–Crippen LogP) is 4.28. The van der Waals surface area contributed by atoms with Gasteiger partial charge in [-0.2, -0.15) is 0 Å². The molecule has 2 atom stereocenters. The van der Waals surface area contributed by atoms with Gasteiger partial charge in [-0.3, -0.25) is 4.79 Å². The van der Waals surface area contributed by atoms with Crippen molar-refractivity contribution in [2.75, 3.05) is 5.32 Å². The van der Waals surface area contributed by atoms with Crippen molar-refractivity contribution in [3.05, 3.63) is 28.2 Å². The zero-order valence-electron chi connectivity index (χ0n) is 12.4. The fourth-order valence-electron chi connectivity index (χ4n) is 2.91. The average molecular weight is 376 g/mol. The molecule has 0 heterocycles. The molecule has 3 N–H and O–H groups in total. The Labute approximate surface area is 141 Å². The lowest BCUT2D eigenvalue weighted by Crippen LogP contribution is -2.35. The lowest BCUT2D eigenvalue weighted by molar-refractivity contribution is -0.117. The van der Waals surface area contributed by atoms with E-state index in [1.807, 2.05) is 12.1 Å². The minimum absolute atomic E-state index is 0. The minimum Gasteiger partial charge on any atom is -0.327 e. The van der Waals surface area contributed by atoms with Crippen molar-refractivity contribution in [2.24, 2.45) is 11.7 Å². The summed E-state index contributed by atoms with van der Waals surface area (Å²) in [7, 11) is 0. The maximum absolute atomic E-state index is 12.2. The number of halogens is 2. The van der Waals surface area contributed by atoms with Crippen molar-refractivity contribution < 1.29 is 4.79 Å². The number of amides is 1. The van der Waals surface area contributed by atoms with E-state index in [-0.39, 0.29) is 24.4 Å². The highest BCUT2D eigenvalue weighted by Crippen LogP contribution is 2.27. The molecule has 0 aliphatic heterocycles. The van der Waals surface area contributed by atoms with Crippen molar-refractivity contribution in [2.45, 2.75) is 51.5 Å². The van der Waals surface area contributed by atoms with E-state index in [0.29, 0.717) is 12.3 Å². The summed E-state index contributed by atoms with van der Waals surface area (Å²) in [6.07, 6.45) is 5.97. The topological polar surface area (TPSA) is 55.1 Å². The van der Waals surface area contributed by atoms with E-state index in [2.05, 4.69) is 34.2 Å². The zero-order chi connectivity index (χ0) is 14.5. The van der Waals surface area contributed by atoms with Crippen LogP contribution in [0.5, 0.6) is 0 Å². The summed E-state index contributed by atoms with van der Waals surface area (Å²) in [4.78, 5) is 12.2. The van der Waals surface area contributed by atoms with Gasteiger partial charge in [-0.15, -0.1) is 12.4 Å². The zero-order valence-corrected chi connectivity index (χ0v) is 14.8. The van der Waals surface area contributed by atoms with E-state index in [4.69, 9.17) is 5.73 Å². The lowest BCUT2D eigenvalue weighted by Gasteiger charge is -2.28. The standard InChI is InChI=1S/C16H23BrN2O.ClH/c1-2-11-9-13(17)7-8-15(11)19-16(20)10-12-5-3-4-6-14(12)18;/h7-9,12,14H,2-6,10,18H2,1H3,(H,19,20);1H. The van der Waals surface area contributed by atoms with Gasteiger partial charge in [0.05, 0.1) is 0 Å². The molecule has 0 bridgehead atoms. The largest absolute Gasteiger partial charge is 0.327 e. The van der Waals surface area contributed by atoms with Crippen molar-refractivity contribution >= 4 is 39.9 Å². The molecule has 21 heavy (non-hydrogen) atoms. The highest BCUT2D eigenvalue weighted by atomic mass is 79.9. The lowest BCUT2D eigenvalue weighted by atomic mass is 9.83. The maximum Gasteiger partial charge on any atom is 0.224 e. The third-order valence-electron chi connectivity index (χ3n) is 4.14. The summed E-state index contributed by atoms with van der Waals surface area (Å²) < 4.78 is 1.04. The summed E-state index contributed by atoms with van der Waals surface area (Å²) in [5.41, 5.74) is 8.19. The molecule has 118 valence electrons. The van der Waals surface area contributed by atoms with Crippen LogP contribution in [0.3, 0.4) is 0 Å². The van der Waals surface area contributed by atoms with E-state index < -0.39 is 0 Å². The van der Waals surface area contributed by atoms with Crippen LogP contribution in [-0.2, 0) is 11.2 Å². The first-order valence-electron chi connectivity index (χ1n) is 7.44. The number of hydrogen-bond donors (Lipinski definition) is 2. The van der Waals surface area contributed by atoms with E-state index in [1.54, 1.807) is 0 Å². The molecule has 1 saturated carbocycles. The molecule has 0 aromatic heterocycles. The van der Waals surface area contributed by atoms with Gasteiger partial charge in [0.1, 0.15) is 0 Å². The highest BCUT2D eigenvalue weighted by molar-refractivity contribution is 9.10. The summed E-state index contributed by atoms with van der Waals surface area (Å²) in [5, 5.41) is 3.04. The fraction of sp³-hybridized carbons (Fsp3) is 0.562. The summed E-state index contributed by atoms with van der Waals surface area (Å²) in [5.74, 6) is 0.425. The smallest absolute Gasteiger partial charge is 0.224 e. The van der Waals surface area contributed by atoms with Crippen molar-refractivity contribution in [3.8, 4) is 0 Å². The number of nitrogens with one attached hydrogen (secondary N) is 1. The first kappa shape index (κ1) is 18.5. The van der Waals surface area contributed by atoms with Gasteiger partial charge in [0, 0.05) is 22.6 Å². The van der Waals surface area contributed by atoms with Crippen LogP contribution in [0.2, 0.25) is 0 Å². The normalized spacial score (nSPS) is 21.5. The Morgan fingerprint density at radius 1 is 1.38 bits per heavy atom. The number of rotatable bonds is 4. The predicted molar refractivity (Wildman–Crippen MR) is 93.9 cm³/mol. The second-order valence-corrected chi connectivity index (χ2v) is 6.53. The van der Waals surface area contributed by atoms with Crippen LogP contribution >= 0.6 is 28.3 Å². The molecule has 0 spiro atoms. The molecule has 3 nitrogen and oxygen atoms in total. The molecule has 1 aliphatic carbocycles. The van der Waals surface area contributed by atoms with Crippen LogP contribution in [0.25, 0.3) is 0 Å². The average Bonchev–Trinajstić information content (AvgIpc) is 2.43. The molecular formula is C16H24BrClN2O. The molecule has 0 saturated heterocycles. The SMILES string of the molecule is CCc1cc(Br)ccc1NC(=O)CC1CCCCC1N.Cl. The summed E-state index contributed by atoms with van der Waals surface area (Å²) in [6.45, 7) is 2.09. The van der Waals surface area contributed by atoms with Crippen LogP contribution in [0.15, 0.2) is 22.7 Å². The van der Waals surface area contributed by atoms with Gasteiger partial charge in [-0.05, 0) is 48.9 Å². The molecule has 1 aliphatic rings. The number of hydrogen-bond acceptors (Lipinski definition) is 2. The molecule has 0 radical (unpaired) electrons. The fourth-order valence-corrected chi connectivity index (χ4v) is 3.31. The number of carbonyl (C=O) groups is 1. The number of nitrogens with two attached hydrogens (primary N) is 1.